The van der Waals surface area contributed by atoms with Gasteiger partial charge in [0, 0.05) is 17.1 Å². The summed E-state index contributed by atoms with van der Waals surface area (Å²) in [7, 11) is 0. The van der Waals surface area contributed by atoms with Crippen LogP contribution in [0.5, 0.6) is 5.75 Å². The Labute approximate surface area is 89.6 Å². The van der Waals surface area contributed by atoms with Crippen LogP contribution in [0.4, 0.5) is 8.78 Å². The Morgan fingerprint density at radius 3 is 2.36 bits per heavy atom. The second-order valence-electron chi connectivity index (χ2n) is 2.42. The normalized spacial score (nSPS) is 10.7. The summed E-state index contributed by atoms with van der Waals surface area (Å²) in [5.74, 6) is -0.156. The smallest absolute Gasteiger partial charge is 0.387 e. The van der Waals surface area contributed by atoms with Crippen LogP contribution < -0.4 is 10.5 Å². The standard InChI is InChI=1S/C8H7Cl2F2NO/c9-5-1-2-6(10)7(4(5)3-13)14-8(11)12/h1-2,8H,3,13H2. The Balaban J connectivity index is 3.16. The Hall–Kier alpha value is -0.580. The van der Waals surface area contributed by atoms with Gasteiger partial charge in [-0.05, 0) is 12.1 Å². The summed E-state index contributed by atoms with van der Waals surface area (Å²) >= 11 is 11.4. The van der Waals surface area contributed by atoms with Crippen molar-refractivity contribution in [1.29, 1.82) is 0 Å². The van der Waals surface area contributed by atoms with Crippen LogP contribution in [0.1, 0.15) is 5.56 Å². The molecule has 1 aromatic rings. The van der Waals surface area contributed by atoms with Crippen molar-refractivity contribution < 1.29 is 13.5 Å². The third-order valence-corrected chi connectivity index (χ3v) is 2.22. The van der Waals surface area contributed by atoms with E-state index in [0.29, 0.717) is 0 Å². The fourth-order valence-electron chi connectivity index (χ4n) is 0.982. The molecule has 2 N–H and O–H groups in total. The molecule has 78 valence electrons. The minimum absolute atomic E-state index is 0.0125. The zero-order valence-corrected chi connectivity index (χ0v) is 8.45. The second-order valence-corrected chi connectivity index (χ2v) is 3.23. The molecule has 0 aliphatic carbocycles. The van der Waals surface area contributed by atoms with E-state index in [4.69, 9.17) is 28.9 Å². The van der Waals surface area contributed by atoms with Crippen LogP contribution in [0.25, 0.3) is 0 Å². The molecule has 2 nitrogen and oxygen atoms in total. The van der Waals surface area contributed by atoms with Crippen molar-refractivity contribution in [3.63, 3.8) is 0 Å². The molecule has 0 spiro atoms. The molecular formula is C8H7Cl2F2NO. The quantitative estimate of drug-likeness (QED) is 0.883. The van der Waals surface area contributed by atoms with Crippen LogP contribution in [0.2, 0.25) is 10.0 Å². The van der Waals surface area contributed by atoms with E-state index >= 15 is 0 Å². The molecule has 0 aliphatic rings. The van der Waals surface area contributed by atoms with E-state index in [0.717, 1.165) is 0 Å². The van der Waals surface area contributed by atoms with Crippen molar-refractivity contribution in [3.8, 4) is 5.75 Å². The molecular weight excluding hydrogens is 235 g/mol. The Bertz CT molecular complexity index is 333. The minimum Gasteiger partial charge on any atom is -0.433 e. The minimum atomic E-state index is -2.95. The average molecular weight is 242 g/mol. The zero-order chi connectivity index (χ0) is 10.7. The van der Waals surface area contributed by atoms with Crippen molar-refractivity contribution >= 4 is 23.2 Å². The van der Waals surface area contributed by atoms with E-state index in [1.165, 1.54) is 12.1 Å². The number of alkyl halides is 2. The first-order chi connectivity index (χ1) is 6.56. The maximum absolute atomic E-state index is 12.0. The molecule has 1 rings (SSSR count). The molecule has 0 aromatic heterocycles. The molecule has 0 atom stereocenters. The van der Waals surface area contributed by atoms with Gasteiger partial charge in [0.2, 0.25) is 0 Å². The summed E-state index contributed by atoms with van der Waals surface area (Å²) in [5.41, 5.74) is 5.61. The highest BCUT2D eigenvalue weighted by molar-refractivity contribution is 6.34. The molecule has 0 radical (unpaired) electrons. The Morgan fingerprint density at radius 2 is 1.86 bits per heavy atom. The number of nitrogens with two attached hydrogens (primary N) is 1. The fraction of sp³-hybridized carbons (Fsp3) is 0.250. The van der Waals surface area contributed by atoms with E-state index in [1.54, 1.807) is 0 Å². The summed E-state index contributed by atoms with van der Waals surface area (Å²) in [6, 6.07) is 2.85. The van der Waals surface area contributed by atoms with Gasteiger partial charge in [0.15, 0.2) is 5.75 Å². The Morgan fingerprint density at radius 1 is 1.29 bits per heavy atom. The van der Waals surface area contributed by atoms with Crippen LogP contribution in [-0.4, -0.2) is 6.61 Å². The van der Waals surface area contributed by atoms with Gasteiger partial charge in [-0.3, -0.25) is 0 Å². The summed E-state index contributed by atoms with van der Waals surface area (Å²) in [6.07, 6.45) is 0. The maximum atomic E-state index is 12.0. The van der Waals surface area contributed by atoms with E-state index in [2.05, 4.69) is 4.74 Å². The molecule has 0 aliphatic heterocycles. The summed E-state index contributed by atoms with van der Waals surface area (Å²) in [6.45, 7) is -2.96. The van der Waals surface area contributed by atoms with E-state index in [9.17, 15) is 8.78 Å². The molecule has 6 heteroatoms. The van der Waals surface area contributed by atoms with Crippen LogP contribution in [-0.2, 0) is 6.54 Å². The number of rotatable bonds is 3. The van der Waals surface area contributed by atoms with Gasteiger partial charge in [0.1, 0.15) is 0 Å². The second kappa shape index (κ2) is 4.77. The summed E-state index contributed by atoms with van der Waals surface area (Å²) in [5, 5.41) is 0.322. The van der Waals surface area contributed by atoms with Gasteiger partial charge in [0.05, 0.1) is 5.02 Å². The van der Waals surface area contributed by atoms with Crippen LogP contribution in [0.3, 0.4) is 0 Å². The number of ether oxygens (including phenoxy) is 1. The van der Waals surface area contributed by atoms with Crippen molar-refractivity contribution in [1.82, 2.24) is 0 Å². The van der Waals surface area contributed by atoms with Gasteiger partial charge in [-0.1, -0.05) is 23.2 Å². The lowest BCUT2D eigenvalue weighted by Crippen LogP contribution is -2.08. The lowest BCUT2D eigenvalue weighted by atomic mass is 10.2. The van der Waals surface area contributed by atoms with Crippen LogP contribution in [0.15, 0.2) is 12.1 Å². The topological polar surface area (TPSA) is 35.2 Å². The highest BCUT2D eigenvalue weighted by Crippen LogP contribution is 2.34. The van der Waals surface area contributed by atoms with Crippen LogP contribution >= 0.6 is 23.2 Å². The highest BCUT2D eigenvalue weighted by atomic mass is 35.5. The van der Waals surface area contributed by atoms with Crippen LogP contribution in [0, 0.1) is 0 Å². The summed E-state index contributed by atoms with van der Waals surface area (Å²) < 4.78 is 28.2. The number of hydrogen-bond donors (Lipinski definition) is 1. The SMILES string of the molecule is NCc1c(Cl)ccc(Cl)c1OC(F)F. The summed E-state index contributed by atoms with van der Waals surface area (Å²) in [4.78, 5) is 0. The monoisotopic (exact) mass is 241 g/mol. The third kappa shape index (κ3) is 2.47. The first kappa shape index (κ1) is 11.5. The molecule has 0 amide bonds. The lowest BCUT2D eigenvalue weighted by molar-refractivity contribution is -0.0503. The largest absolute Gasteiger partial charge is 0.433 e. The van der Waals surface area contributed by atoms with Crippen molar-refractivity contribution in [2.75, 3.05) is 0 Å². The molecule has 0 fully saturated rings. The van der Waals surface area contributed by atoms with Gasteiger partial charge < -0.3 is 10.5 Å². The molecule has 0 unspecified atom stereocenters. The number of hydrogen-bond acceptors (Lipinski definition) is 2. The van der Waals surface area contributed by atoms with E-state index in [1.807, 2.05) is 0 Å². The highest BCUT2D eigenvalue weighted by Gasteiger charge is 2.15. The predicted octanol–water partition coefficient (Wildman–Crippen LogP) is 3.05. The Kier molecular flexibility index (Phi) is 3.92. The zero-order valence-electron chi connectivity index (χ0n) is 6.94. The fourth-order valence-corrected chi connectivity index (χ4v) is 1.43. The predicted molar refractivity (Wildman–Crippen MR) is 51.0 cm³/mol. The van der Waals surface area contributed by atoms with Gasteiger partial charge >= 0.3 is 6.61 Å². The van der Waals surface area contributed by atoms with E-state index < -0.39 is 6.61 Å². The molecule has 0 saturated carbocycles. The van der Waals surface area contributed by atoms with Gasteiger partial charge in [-0.2, -0.15) is 8.78 Å². The molecule has 1 aromatic carbocycles. The van der Waals surface area contributed by atoms with E-state index in [-0.39, 0.29) is 27.9 Å². The molecule has 0 heterocycles. The van der Waals surface area contributed by atoms with Crippen molar-refractivity contribution in [2.45, 2.75) is 13.2 Å². The third-order valence-electron chi connectivity index (χ3n) is 1.57. The average Bonchev–Trinajstić information content (AvgIpc) is 2.11. The lowest BCUT2D eigenvalue weighted by Gasteiger charge is -2.12. The van der Waals surface area contributed by atoms with Gasteiger partial charge in [-0.25, -0.2) is 0 Å². The molecule has 14 heavy (non-hydrogen) atoms. The molecule has 0 bridgehead atoms. The number of halogens is 4. The van der Waals surface area contributed by atoms with Crippen molar-refractivity contribution in [2.24, 2.45) is 5.73 Å². The van der Waals surface area contributed by atoms with Gasteiger partial charge in [0.25, 0.3) is 0 Å². The first-order valence-corrected chi connectivity index (χ1v) is 4.43. The molecule has 0 saturated heterocycles. The van der Waals surface area contributed by atoms with Gasteiger partial charge in [-0.15, -0.1) is 0 Å². The van der Waals surface area contributed by atoms with Crippen molar-refractivity contribution in [3.05, 3.63) is 27.7 Å². The number of benzene rings is 1. The maximum Gasteiger partial charge on any atom is 0.387 e. The first-order valence-electron chi connectivity index (χ1n) is 3.68.